The van der Waals surface area contributed by atoms with Gasteiger partial charge in [0.15, 0.2) is 0 Å². The molecule has 0 saturated heterocycles. The SMILES string of the molecule is O=C([O-])CN(CCN(CC(=O)[O-])CC(=O)O)CC(=O)[O-].[Mn+3]. The second-order valence-corrected chi connectivity index (χ2v) is 3.93. The molecule has 0 atom stereocenters. The van der Waals surface area contributed by atoms with E-state index in [1.54, 1.807) is 0 Å². The van der Waals surface area contributed by atoms with Crippen LogP contribution in [0.25, 0.3) is 0 Å². The van der Waals surface area contributed by atoms with Crippen molar-refractivity contribution < 1.29 is 56.7 Å². The standard InChI is InChI=1S/C10H16N2O8.Mn/c13-7(14)3-11(4-8(15)16)1-2-12(5-9(17)18)6-10(19)20;/h1-6H2,(H,13,14)(H,15,16)(H,17,18)(H,19,20);/q;+3/p-3. The summed E-state index contributed by atoms with van der Waals surface area (Å²) in [5.41, 5.74) is 0. The summed E-state index contributed by atoms with van der Waals surface area (Å²) >= 11 is 0. The van der Waals surface area contributed by atoms with Crippen molar-refractivity contribution in [1.82, 2.24) is 9.80 Å². The summed E-state index contributed by atoms with van der Waals surface area (Å²) in [6, 6.07) is 0. The molecule has 0 heterocycles. The number of carbonyl (C=O) groups is 4. The normalized spacial score (nSPS) is 10.2. The van der Waals surface area contributed by atoms with Crippen LogP contribution in [0.4, 0.5) is 0 Å². The molecule has 118 valence electrons. The first-order valence-corrected chi connectivity index (χ1v) is 5.46. The zero-order valence-corrected chi connectivity index (χ0v) is 12.0. The second kappa shape index (κ2) is 11.0. The molecule has 0 radical (unpaired) electrons. The van der Waals surface area contributed by atoms with E-state index in [9.17, 15) is 34.5 Å². The van der Waals surface area contributed by atoms with Crippen molar-refractivity contribution in [2.45, 2.75) is 0 Å². The third-order valence-electron chi connectivity index (χ3n) is 2.15. The van der Waals surface area contributed by atoms with Gasteiger partial charge in [-0.15, -0.1) is 0 Å². The largest absolute Gasteiger partial charge is 3.00 e. The number of carboxylic acid groups (broad SMARTS) is 4. The van der Waals surface area contributed by atoms with E-state index in [1.807, 2.05) is 0 Å². The topological polar surface area (TPSA) is 164 Å². The van der Waals surface area contributed by atoms with Crippen molar-refractivity contribution in [2.24, 2.45) is 0 Å². The van der Waals surface area contributed by atoms with Crippen LogP contribution in [0.5, 0.6) is 0 Å². The smallest absolute Gasteiger partial charge is 0.549 e. The molecule has 21 heavy (non-hydrogen) atoms. The van der Waals surface area contributed by atoms with Crippen LogP contribution in [0.3, 0.4) is 0 Å². The maximum Gasteiger partial charge on any atom is 3.00 e. The van der Waals surface area contributed by atoms with Gasteiger partial charge in [-0.05, 0) is 0 Å². The van der Waals surface area contributed by atoms with E-state index < -0.39 is 50.1 Å². The van der Waals surface area contributed by atoms with Crippen LogP contribution in [-0.4, -0.2) is 78.1 Å². The van der Waals surface area contributed by atoms with E-state index in [0.29, 0.717) is 0 Å². The van der Waals surface area contributed by atoms with Crippen molar-refractivity contribution >= 4 is 23.9 Å². The molecule has 0 rings (SSSR count). The van der Waals surface area contributed by atoms with E-state index in [2.05, 4.69) is 0 Å². The zero-order chi connectivity index (χ0) is 15.7. The fourth-order valence-electron chi connectivity index (χ4n) is 1.45. The van der Waals surface area contributed by atoms with Gasteiger partial charge in [-0.25, -0.2) is 0 Å². The van der Waals surface area contributed by atoms with Gasteiger partial charge in [0.1, 0.15) is 0 Å². The summed E-state index contributed by atoms with van der Waals surface area (Å²) in [6.45, 7) is -3.00. The van der Waals surface area contributed by atoms with Gasteiger partial charge in [0, 0.05) is 32.7 Å². The van der Waals surface area contributed by atoms with Gasteiger partial charge in [0.2, 0.25) is 0 Å². The maximum absolute atomic E-state index is 10.5. The van der Waals surface area contributed by atoms with Gasteiger partial charge >= 0.3 is 23.0 Å². The van der Waals surface area contributed by atoms with E-state index in [1.165, 1.54) is 0 Å². The van der Waals surface area contributed by atoms with Crippen LogP contribution in [0.2, 0.25) is 0 Å². The molecule has 0 fully saturated rings. The van der Waals surface area contributed by atoms with Gasteiger partial charge < -0.3 is 34.8 Å². The van der Waals surface area contributed by atoms with Gasteiger partial charge in [-0.1, -0.05) is 0 Å². The van der Waals surface area contributed by atoms with Gasteiger partial charge in [-0.2, -0.15) is 0 Å². The van der Waals surface area contributed by atoms with Gasteiger partial charge in [-0.3, -0.25) is 14.6 Å². The van der Waals surface area contributed by atoms with Crippen molar-refractivity contribution in [1.29, 1.82) is 0 Å². The van der Waals surface area contributed by atoms with Crippen LogP contribution in [0, 0.1) is 0 Å². The summed E-state index contributed by atoms with van der Waals surface area (Å²) in [5.74, 6) is -5.82. The van der Waals surface area contributed by atoms with Crippen LogP contribution in [0.1, 0.15) is 0 Å². The number of nitrogens with zero attached hydrogens (tertiary/aromatic N) is 2. The fourth-order valence-corrected chi connectivity index (χ4v) is 1.45. The van der Waals surface area contributed by atoms with E-state index in [-0.39, 0.29) is 30.2 Å². The van der Waals surface area contributed by atoms with Crippen molar-refractivity contribution in [3.8, 4) is 0 Å². The predicted molar refractivity (Wildman–Crippen MR) is 55.5 cm³/mol. The maximum atomic E-state index is 10.5. The summed E-state index contributed by atoms with van der Waals surface area (Å²) in [6.07, 6.45) is 0. The Morgan fingerprint density at radius 3 is 1.24 bits per heavy atom. The minimum absolute atomic E-state index is 0. The van der Waals surface area contributed by atoms with Crippen molar-refractivity contribution in [2.75, 3.05) is 39.3 Å². The van der Waals surface area contributed by atoms with Gasteiger partial charge in [0.05, 0.1) is 24.5 Å². The monoisotopic (exact) mass is 344 g/mol. The van der Waals surface area contributed by atoms with Crippen LogP contribution < -0.4 is 15.3 Å². The number of carbonyl (C=O) groups excluding carboxylic acids is 3. The average molecular weight is 344 g/mol. The number of hydrogen-bond acceptors (Lipinski definition) is 9. The number of hydrogen-bond donors (Lipinski definition) is 1. The first-order valence-electron chi connectivity index (χ1n) is 5.46. The molecular weight excluding hydrogens is 331 g/mol. The summed E-state index contributed by atoms with van der Waals surface area (Å²) < 4.78 is 0. The fraction of sp³-hybridized carbons (Fsp3) is 0.600. The molecule has 0 spiro atoms. The molecule has 0 aromatic rings. The first kappa shape index (κ1) is 21.6. The number of rotatable bonds is 11. The second-order valence-electron chi connectivity index (χ2n) is 3.93. The molecule has 1 N–H and O–H groups in total. The summed E-state index contributed by atoms with van der Waals surface area (Å²) in [5, 5.41) is 39.8. The summed E-state index contributed by atoms with van der Waals surface area (Å²) in [4.78, 5) is 43.7. The Bertz CT molecular complexity index is 321. The average Bonchev–Trinajstić information content (AvgIpc) is 2.22. The third kappa shape index (κ3) is 13.1. The number of aliphatic carboxylic acids is 4. The molecule has 0 aliphatic rings. The molecule has 10 nitrogen and oxygen atoms in total. The quantitative estimate of drug-likeness (QED) is 0.357. The minimum atomic E-state index is -1.52. The third-order valence-corrected chi connectivity index (χ3v) is 2.15. The molecular formula is C10H13MnN2O8. The minimum Gasteiger partial charge on any atom is -0.549 e. The first-order chi connectivity index (χ1) is 9.20. The van der Waals surface area contributed by atoms with Crippen LogP contribution >= 0.6 is 0 Å². The zero-order valence-electron chi connectivity index (χ0n) is 10.8. The molecule has 0 aromatic carbocycles. The molecule has 0 amide bonds. The molecule has 0 aliphatic heterocycles. The van der Waals surface area contributed by atoms with Crippen LogP contribution in [0.15, 0.2) is 0 Å². The van der Waals surface area contributed by atoms with Crippen LogP contribution in [-0.2, 0) is 36.2 Å². The molecule has 0 unspecified atom stereocenters. The predicted octanol–water partition coefficient (Wildman–Crippen LogP) is -6.08. The van der Waals surface area contributed by atoms with Gasteiger partial charge in [0.25, 0.3) is 0 Å². The van der Waals surface area contributed by atoms with E-state index >= 15 is 0 Å². The molecule has 0 aromatic heterocycles. The Balaban J connectivity index is 0. The Morgan fingerprint density at radius 1 is 0.714 bits per heavy atom. The van der Waals surface area contributed by atoms with E-state index in [0.717, 1.165) is 9.80 Å². The van der Waals surface area contributed by atoms with Crippen molar-refractivity contribution in [3.63, 3.8) is 0 Å². The summed E-state index contributed by atoms with van der Waals surface area (Å²) in [7, 11) is 0. The van der Waals surface area contributed by atoms with Crippen molar-refractivity contribution in [3.05, 3.63) is 0 Å². The Labute approximate surface area is 130 Å². The van der Waals surface area contributed by atoms with E-state index in [4.69, 9.17) is 5.11 Å². The Hall–Kier alpha value is -1.68. The number of carboxylic acids is 4. The molecule has 0 aliphatic carbocycles. The Kier molecular flexibility index (Phi) is 11.4. The molecule has 11 heteroatoms. The molecule has 0 saturated carbocycles. The Morgan fingerprint density at radius 2 is 1.00 bits per heavy atom. The molecule has 0 bridgehead atoms.